The summed E-state index contributed by atoms with van der Waals surface area (Å²) in [5.74, 6) is -0.860. The van der Waals surface area contributed by atoms with Crippen LogP contribution < -0.4 is 0 Å². The highest BCUT2D eigenvalue weighted by molar-refractivity contribution is 5.87. The normalized spacial score (nSPS) is 19.9. The first-order chi connectivity index (χ1) is 9.47. The van der Waals surface area contributed by atoms with Crippen molar-refractivity contribution in [3.05, 3.63) is 35.4 Å². The standard InChI is InChI=1S/C16H24N2O2/c1-12(2)18-8-7-15(11-18)17(3)10-13-5-4-6-14(9-13)16(19)20/h4-6,9,12,15H,7-8,10-11H2,1-3H3,(H,19,20). The lowest BCUT2D eigenvalue weighted by Crippen LogP contribution is -2.36. The summed E-state index contributed by atoms with van der Waals surface area (Å²) in [5.41, 5.74) is 1.43. The third-order valence-corrected chi connectivity index (χ3v) is 4.15. The van der Waals surface area contributed by atoms with Gasteiger partial charge in [-0.3, -0.25) is 9.80 Å². The van der Waals surface area contributed by atoms with Gasteiger partial charge in [0.2, 0.25) is 0 Å². The molecule has 1 aliphatic heterocycles. The minimum absolute atomic E-state index is 0.367. The highest BCUT2D eigenvalue weighted by Gasteiger charge is 2.26. The lowest BCUT2D eigenvalue weighted by Gasteiger charge is -2.26. The predicted molar refractivity (Wildman–Crippen MR) is 80.0 cm³/mol. The van der Waals surface area contributed by atoms with E-state index in [9.17, 15) is 4.79 Å². The molecule has 0 spiro atoms. The average molecular weight is 276 g/mol. The number of hydrogen-bond donors (Lipinski definition) is 1. The van der Waals surface area contributed by atoms with Crippen LogP contribution in [0.5, 0.6) is 0 Å². The van der Waals surface area contributed by atoms with E-state index in [1.54, 1.807) is 12.1 Å². The van der Waals surface area contributed by atoms with Crippen LogP contribution in [0.4, 0.5) is 0 Å². The quantitative estimate of drug-likeness (QED) is 0.896. The summed E-state index contributed by atoms with van der Waals surface area (Å²) in [5, 5.41) is 9.03. The van der Waals surface area contributed by atoms with E-state index in [0.717, 1.165) is 25.2 Å². The number of hydrogen-bond acceptors (Lipinski definition) is 3. The largest absolute Gasteiger partial charge is 0.478 e. The van der Waals surface area contributed by atoms with Crippen molar-refractivity contribution >= 4 is 5.97 Å². The van der Waals surface area contributed by atoms with Crippen molar-refractivity contribution in [1.29, 1.82) is 0 Å². The van der Waals surface area contributed by atoms with E-state index in [1.165, 1.54) is 6.42 Å². The molecule has 1 fully saturated rings. The molecule has 4 nitrogen and oxygen atoms in total. The molecule has 0 bridgehead atoms. The van der Waals surface area contributed by atoms with E-state index >= 15 is 0 Å². The van der Waals surface area contributed by atoms with Crippen LogP contribution in [0.1, 0.15) is 36.2 Å². The van der Waals surface area contributed by atoms with Gasteiger partial charge < -0.3 is 5.11 Å². The Labute approximate surface area is 121 Å². The molecule has 1 atom stereocenters. The van der Waals surface area contributed by atoms with Crippen LogP contribution in [0.3, 0.4) is 0 Å². The smallest absolute Gasteiger partial charge is 0.335 e. The van der Waals surface area contributed by atoms with Crippen molar-refractivity contribution in [2.75, 3.05) is 20.1 Å². The monoisotopic (exact) mass is 276 g/mol. The fourth-order valence-corrected chi connectivity index (χ4v) is 2.82. The number of benzene rings is 1. The molecule has 1 saturated heterocycles. The first-order valence-corrected chi connectivity index (χ1v) is 7.24. The van der Waals surface area contributed by atoms with Crippen molar-refractivity contribution in [3.63, 3.8) is 0 Å². The topological polar surface area (TPSA) is 43.8 Å². The Bertz CT molecular complexity index is 473. The van der Waals surface area contributed by atoms with Crippen molar-refractivity contribution in [1.82, 2.24) is 9.80 Å². The van der Waals surface area contributed by atoms with Crippen molar-refractivity contribution in [2.45, 2.75) is 38.9 Å². The fraction of sp³-hybridized carbons (Fsp3) is 0.562. The Balaban J connectivity index is 1.96. The molecule has 0 saturated carbocycles. The number of rotatable bonds is 5. The summed E-state index contributed by atoms with van der Waals surface area (Å²) in [6, 6.07) is 8.39. The van der Waals surface area contributed by atoms with Gasteiger partial charge in [-0.2, -0.15) is 0 Å². The number of nitrogens with zero attached hydrogens (tertiary/aromatic N) is 2. The van der Waals surface area contributed by atoms with Gasteiger partial charge in [-0.05, 0) is 45.0 Å². The highest BCUT2D eigenvalue weighted by atomic mass is 16.4. The molecule has 1 aromatic rings. The minimum atomic E-state index is -0.860. The highest BCUT2D eigenvalue weighted by Crippen LogP contribution is 2.19. The van der Waals surface area contributed by atoms with Crippen LogP contribution in [0.2, 0.25) is 0 Å². The summed E-state index contributed by atoms with van der Waals surface area (Å²) >= 11 is 0. The fourth-order valence-electron chi connectivity index (χ4n) is 2.82. The number of aromatic carboxylic acids is 1. The molecular formula is C16H24N2O2. The SMILES string of the molecule is CC(C)N1CCC(N(C)Cc2cccc(C(=O)O)c2)C1. The molecule has 0 amide bonds. The lowest BCUT2D eigenvalue weighted by atomic mass is 10.1. The molecule has 1 aromatic carbocycles. The summed E-state index contributed by atoms with van der Waals surface area (Å²) in [7, 11) is 2.13. The molecule has 1 unspecified atom stereocenters. The van der Waals surface area contributed by atoms with Crippen LogP contribution in [0.15, 0.2) is 24.3 Å². The molecule has 1 heterocycles. The summed E-state index contributed by atoms with van der Waals surface area (Å²) in [6.45, 7) is 7.53. The zero-order chi connectivity index (χ0) is 14.7. The number of carboxylic acids is 1. The van der Waals surface area contributed by atoms with Crippen molar-refractivity contribution in [3.8, 4) is 0 Å². The Morgan fingerprint density at radius 3 is 2.85 bits per heavy atom. The number of carbonyl (C=O) groups is 1. The van der Waals surface area contributed by atoms with Crippen LogP contribution in [0, 0.1) is 0 Å². The van der Waals surface area contributed by atoms with Gasteiger partial charge in [-0.15, -0.1) is 0 Å². The first kappa shape index (κ1) is 15.0. The maximum atomic E-state index is 11.0. The summed E-state index contributed by atoms with van der Waals surface area (Å²) in [4.78, 5) is 15.8. The third kappa shape index (κ3) is 3.58. The van der Waals surface area contributed by atoms with Gasteiger partial charge in [0, 0.05) is 31.7 Å². The number of likely N-dealkylation sites (tertiary alicyclic amines) is 1. The van der Waals surface area contributed by atoms with Crippen LogP contribution >= 0.6 is 0 Å². The van der Waals surface area contributed by atoms with Crippen LogP contribution in [-0.4, -0.2) is 53.1 Å². The second-order valence-corrected chi connectivity index (χ2v) is 5.95. The molecule has 0 aliphatic carbocycles. The van der Waals surface area contributed by atoms with E-state index in [0.29, 0.717) is 17.6 Å². The molecule has 1 N–H and O–H groups in total. The van der Waals surface area contributed by atoms with Gasteiger partial charge in [0.15, 0.2) is 0 Å². The van der Waals surface area contributed by atoms with Gasteiger partial charge in [-0.1, -0.05) is 12.1 Å². The van der Waals surface area contributed by atoms with E-state index < -0.39 is 5.97 Å². The molecule has 4 heteroatoms. The number of likely N-dealkylation sites (N-methyl/N-ethyl adjacent to an activating group) is 1. The molecule has 1 aliphatic rings. The Hall–Kier alpha value is -1.39. The molecule has 0 aromatic heterocycles. The summed E-state index contributed by atoms with van der Waals surface area (Å²) in [6.07, 6.45) is 1.19. The first-order valence-electron chi connectivity index (χ1n) is 7.24. The molecule has 0 radical (unpaired) electrons. The Morgan fingerprint density at radius 1 is 1.50 bits per heavy atom. The van der Waals surface area contributed by atoms with Crippen LogP contribution in [-0.2, 0) is 6.54 Å². The van der Waals surface area contributed by atoms with E-state index in [4.69, 9.17) is 5.11 Å². The van der Waals surface area contributed by atoms with E-state index in [-0.39, 0.29) is 0 Å². The van der Waals surface area contributed by atoms with Gasteiger partial charge in [-0.25, -0.2) is 4.79 Å². The van der Waals surface area contributed by atoms with E-state index in [2.05, 4.69) is 30.7 Å². The number of carboxylic acid groups (broad SMARTS) is 1. The Kier molecular flexibility index (Phi) is 4.78. The van der Waals surface area contributed by atoms with Gasteiger partial charge >= 0.3 is 5.97 Å². The van der Waals surface area contributed by atoms with Gasteiger partial charge in [0.05, 0.1) is 5.56 Å². The van der Waals surface area contributed by atoms with Crippen molar-refractivity contribution < 1.29 is 9.90 Å². The van der Waals surface area contributed by atoms with E-state index in [1.807, 2.05) is 12.1 Å². The maximum Gasteiger partial charge on any atom is 0.335 e. The minimum Gasteiger partial charge on any atom is -0.478 e. The zero-order valence-electron chi connectivity index (χ0n) is 12.5. The summed E-state index contributed by atoms with van der Waals surface area (Å²) < 4.78 is 0. The second kappa shape index (κ2) is 6.37. The molecular weight excluding hydrogens is 252 g/mol. The molecule has 20 heavy (non-hydrogen) atoms. The van der Waals surface area contributed by atoms with Crippen LogP contribution in [0.25, 0.3) is 0 Å². The maximum absolute atomic E-state index is 11.0. The lowest BCUT2D eigenvalue weighted by molar-refractivity contribution is 0.0696. The molecule has 110 valence electrons. The third-order valence-electron chi connectivity index (χ3n) is 4.15. The van der Waals surface area contributed by atoms with Crippen molar-refractivity contribution in [2.24, 2.45) is 0 Å². The Morgan fingerprint density at radius 2 is 2.25 bits per heavy atom. The molecule has 2 rings (SSSR count). The van der Waals surface area contributed by atoms with Gasteiger partial charge in [0.25, 0.3) is 0 Å². The second-order valence-electron chi connectivity index (χ2n) is 5.95. The van der Waals surface area contributed by atoms with Gasteiger partial charge in [0.1, 0.15) is 0 Å². The predicted octanol–water partition coefficient (Wildman–Crippen LogP) is 2.30. The zero-order valence-corrected chi connectivity index (χ0v) is 12.5. The average Bonchev–Trinajstić information content (AvgIpc) is 2.88.